The molecule has 0 aromatic rings. The molecule has 0 radical (unpaired) electrons. The molecule has 0 aromatic heterocycles. The average molecular weight is 330 g/mol. The van der Waals surface area contributed by atoms with Crippen molar-refractivity contribution in [3.05, 3.63) is 12.2 Å². The Morgan fingerprint density at radius 2 is 1.96 bits per heavy atom. The summed E-state index contributed by atoms with van der Waals surface area (Å²) < 4.78 is 10.7. The zero-order chi connectivity index (χ0) is 17.1. The zero-order valence-corrected chi connectivity index (χ0v) is 13.3. The van der Waals surface area contributed by atoms with Gasteiger partial charge in [-0.15, -0.1) is 0 Å². The van der Waals surface area contributed by atoms with Gasteiger partial charge in [-0.1, -0.05) is 13.5 Å². The Bertz CT molecular complexity index is 436. The number of carbonyl (C=O) groups is 1. The molecule has 4 N–H and O–H groups in total. The van der Waals surface area contributed by atoms with E-state index in [1.807, 2.05) is 6.92 Å². The van der Waals surface area contributed by atoms with Crippen molar-refractivity contribution >= 4 is 5.78 Å². The van der Waals surface area contributed by atoms with E-state index in [1.165, 1.54) is 0 Å². The molecule has 0 amide bonds. The molecular weight excluding hydrogens is 304 g/mol. The first kappa shape index (κ1) is 18.5. The molecule has 7 nitrogen and oxygen atoms in total. The molecule has 1 saturated heterocycles. The highest BCUT2D eigenvalue weighted by Crippen LogP contribution is 2.30. The minimum absolute atomic E-state index is 0.00742. The monoisotopic (exact) mass is 330 g/mol. The van der Waals surface area contributed by atoms with E-state index in [0.29, 0.717) is 17.9 Å². The fourth-order valence-electron chi connectivity index (χ4n) is 3.13. The minimum Gasteiger partial charge on any atom is -0.394 e. The van der Waals surface area contributed by atoms with Crippen LogP contribution in [0.3, 0.4) is 0 Å². The Balaban J connectivity index is 1.89. The highest BCUT2D eigenvalue weighted by Gasteiger charge is 2.44. The second kappa shape index (κ2) is 7.83. The van der Waals surface area contributed by atoms with Crippen LogP contribution < -0.4 is 0 Å². The zero-order valence-electron chi connectivity index (χ0n) is 13.3. The maximum Gasteiger partial charge on any atom is 0.187 e. The van der Waals surface area contributed by atoms with Crippen LogP contribution in [0.5, 0.6) is 0 Å². The molecule has 7 unspecified atom stereocenters. The van der Waals surface area contributed by atoms with E-state index in [4.69, 9.17) is 14.6 Å². The predicted octanol–water partition coefficient (Wildman–Crippen LogP) is -0.636. The first-order valence-electron chi connectivity index (χ1n) is 7.97. The highest BCUT2D eigenvalue weighted by atomic mass is 16.7. The van der Waals surface area contributed by atoms with Gasteiger partial charge in [0.25, 0.3) is 0 Å². The van der Waals surface area contributed by atoms with Crippen molar-refractivity contribution in [1.29, 1.82) is 0 Å². The molecular formula is C16H26O7. The van der Waals surface area contributed by atoms with Crippen LogP contribution >= 0.6 is 0 Å². The summed E-state index contributed by atoms with van der Waals surface area (Å²) in [6.45, 7) is 5.43. The SMILES string of the molecule is C=C(COC1OC(CO)C(O)C(O)C1O)C1CCC(C)CC1=O. The van der Waals surface area contributed by atoms with Crippen molar-refractivity contribution in [1.82, 2.24) is 0 Å². The lowest BCUT2D eigenvalue weighted by Gasteiger charge is -2.39. The van der Waals surface area contributed by atoms with Crippen LogP contribution in [0.1, 0.15) is 26.2 Å². The van der Waals surface area contributed by atoms with Gasteiger partial charge < -0.3 is 29.9 Å². The molecule has 2 fully saturated rings. The Morgan fingerprint density at radius 1 is 1.26 bits per heavy atom. The summed E-state index contributed by atoms with van der Waals surface area (Å²) >= 11 is 0. The number of rotatable bonds is 5. The second-order valence-electron chi connectivity index (χ2n) is 6.57. The van der Waals surface area contributed by atoms with Gasteiger partial charge in [-0.3, -0.25) is 4.79 Å². The normalized spacial score (nSPS) is 41.8. The van der Waals surface area contributed by atoms with E-state index in [1.54, 1.807) is 0 Å². The highest BCUT2D eigenvalue weighted by molar-refractivity contribution is 5.84. The van der Waals surface area contributed by atoms with Crippen molar-refractivity contribution < 1.29 is 34.7 Å². The fourth-order valence-corrected chi connectivity index (χ4v) is 3.13. The first-order chi connectivity index (χ1) is 10.8. The van der Waals surface area contributed by atoms with Crippen molar-refractivity contribution in [2.75, 3.05) is 13.2 Å². The van der Waals surface area contributed by atoms with Crippen molar-refractivity contribution in [2.24, 2.45) is 11.8 Å². The molecule has 1 aliphatic carbocycles. The van der Waals surface area contributed by atoms with Crippen LogP contribution in [-0.4, -0.2) is 70.1 Å². The number of carbonyl (C=O) groups excluding carboxylic acids is 1. The summed E-state index contributed by atoms with van der Waals surface area (Å²) in [5.41, 5.74) is 0.610. The molecule has 0 aromatic carbocycles. The maximum absolute atomic E-state index is 12.1. The van der Waals surface area contributed by atoms with Gasteiger partial charge >= 0.3 is 0 Å². The molecule has 132 valence electrons. The van der Waals surface area contributed by atoms with Gasteiger partial charge in [0.2, 0.25) is 0 Å². The van der Waals surface area contributed by atoms with Gasteiger partial charge in [0.15, 0.2) is 6.29 Å². The van der Waals surface area contributed by atoms with Gasteiger partial charge in [0.1, 0.15) is 30.2 Å². The molecule has 2 rings (SSSR count). The van der Waals surface area contributed by atoms with E-state index in [0.717, 1.165) is 12.8 Å². The second-order valence-corrected chi connectivity index (χ2v) is 6.57. The van der Waals surface area contributed by atoms with Gasteiger partial charge in [-0.25, -0.2) is 0 Å². The largest absolute Gasteiger partial charge is 0.394 e. The number of ether oxygens (including phenoxy) is 2. The molecule has 23 heavy (non-hydrogen) atoms. The summed E-state index contributed by atoms with van der Waals surface area (Å²) in [7, 11) is 0. The van der Waals surface area contributed by atoms with Crippen LogP contribution in [0.25, 0.3) is 0 Å². The third-order valence-corrected chi connectivity index (χ3v) is 4.66. The Kier molecular flexibility index (Phi) is 6.30. The smallest absolute Gasteiger partial charge is 0.187 e. The van der Waals surface area contributed by atoms with E-state index in [2.05, 4.69) is 6.58 Å². The molecule has 1 saturated carbocycles. The van der Waals surface area contributed by atoms with Crippen LogP contribution in [0.15, 0.2) is 12.2 Å². The van der Waals surface area contributed by atoms with Gasteiger partial charge in [-0.2, -0.15) is 0 Å². The molecule has 0 bridgehead atoms. The average Bonchev–Trinajstić information content (AvgIpc) is 2.51. The van der Waals surface area contributed by atoms with Crippen LogP contribution in [0.4, 0.5) is 0 Å². The minimum atomic E-state index is -1.48. The van der Waals surface area contributed by atoms with Crippen molar-refractivity contribution in [3.63, 3.8) is 0 Å². The first-order valence-corrected chi connectivity index (χ1v) is 7.97. The number of hydrogen-bond donors (Lipinski definition) is 4. The topological polar surface area (TPSA) is 116 Å². The predicted molar refractivity (Wildman–Crippen MR) is 80.4 cm³/mol. The van der Waals surface area contributed by atoms with Crippen LogP contribution in [0.2, 0.25) is 0 Å². The molecule has 7 heteroatoms. The van der Waals surface area contributed by atoms with Crippen LogP contribution in [-0.2, 0) is 14.3 Å². The number of Topliss-reactive ketones (excluding diaryl/α,β-unsaturated/α-hetero) is 1. The molecule has 1 heterocycles. The fraction of sp³-hybridized carbons (Fsp3) is 0.812. The number of hydrogen-bond acceptors (Lipinski definition) is 7. The van der Waals surface area contributed by atoms with Gasteiger partial charge in [0.05, 0.1) is 13.2 Å². The molecule has 7 atom stereocenters. The van der Waals surface area contributed by atoms with Crippen LogP contribution in [0, 0.1) is 11.8 Å². The summed E-state index contributed by atoms with van der Waals surface area (Å²) in [5.74, 6) is 0.278. The van der Waals surface area contributed by atoms with Crippen molar-refractivity contribution in [3.8, 4) is 0 Å². The third kappa shape index (κ3) is 4.17. The number of aliphatic hydroxyl groups excluding tert-OH is 4. The summed E-state index contributed by atoms with van der Waals surface area (Å²) in [6.07, 6.45) is -4.32. The Labute approximate surface area is 135 Å². The lowest BCUT2D eigenvalue weighted by Crippen LogP contribution is -2.59. The Morgan fingerprint density at radius 3 is 2.57 bits per heavy atom. The Hall–Kier alpha value is -0.830. The quantitative estimate of drug-likeness (QED) is 0.496. The van der Waals surface area contributed by atoms with Gasteiger partial charge in [-0.05, 0) is 24.3 Å². The molecule has 2 aliphatic rings. The maximum atomic E-state index is 12.1. The van der Waals surface area contributed by atoms with E-state index >= 15 is 0 Å². The van der Waals surface area contributed by atoms with E-state index < -0.39 is 37.3 Å². The molecule has 1 aliphatic heterocycles. The number of ketones is 1. The van der Waals surface area contributed by atoms with E-state index in [9.17, 15) is 20.1 Å². The number of aliphatic hydroxyl groups is 4. The van der Waals surface area contributed by atoms with Crippen molar-refractivity contribution in [2.45, 2.75) is 56.9 Å². The summed E-state index contributed by atoms with van der Waals surface area (Å²) in [5, 5.41) is 38.4. The van der Waals surface area contributed by atoms with Gasteiger partial charge in [0, 0.05) is 12.3 Å². The molecule has 0 spiro atoms. The summed E-state index contributed by atoms with van der Waals surface area (Å²) in [6, 6.07) is 0. The van der Waals surface area contributed by atoms with E-state index in [-0.39, 0.29) is 18.3 Å². The standard InChI is InChI=1S/C16H26O7/c1-8-3-4-10(11(18)5-8)9(2)7-22-16-15(21)14(20)13(19)12(6-17)23-16/h8,10,12-17,19-21H,2-7H2,1H3. The summed E-state index contributed by atoms with van der Waals surface area (Å²) in [4.78, 5) is 12.1. The lowest BCUT2D eigenvalue weighted by atomic mass is 9.79. The lowest BCUT2D eigenvalue weighted by molar-refractivity contribution is -0.299. The third-order valence-electron chi connectivity index (χ3n) is 4.66.